The van der Waals surface area contributed by atoms with Crippen molar-refractivity contribution in [1.29, 1.82) is 0 Å². The molecule has 2 aromatic heterocycles. The van der Waals surface area contributed by atoms with Crippen molar-refractivity contribution >= 4 is 33.8 Å². The molecule has 3 aromatic rings. The molecule has 0 atom stereocenters. The van der Waals surface area contributed by atoms with Gasteiger partial charge in [0.15, 0.2) is 0 Å². The summed E-state index contributed by atoms with van der Waals surface area (Å²) in [6.07, 6.45) is 5.58. The van der Waals surface area contributed by atoms with E-state index in [0.29, 0.717) is 28.5 Å². The number of aromatic amines is 1. The highest BCUT2D eigenvalue weighted by molar-refractivity contribution is 6.12. The summed E-state index contributed by atoms with van der Waals surface area (Å²) < 4.78 is 19.0. The number of nitrogens with two attached hydrogens (primary N) is 1. The van der Waals surface area contributed by atoms with E-state index in [2.05, 4.69) is 11.6 Å². The van der Waals surface area contributed by atoms with Crippen molar-refractivity contribution in [1.82, 2.24) is 4.98 Å². The van der Waals surface area contributed by atoms with Gasteiger partial charge in [-0.3, -0.25) is 0 Å². The Kier molecular flexibility index (Phi) is 3.33. The SMILES string of the molecule is C=C/C=C\c1c(N)oc(=O)c2[nH]c3cc(F)c(CC)cc3c12. The van der Waals surface area contributed by atoms with Gasteiger partial charge in [-0.15, -0.1) is 0 Å². The molecule has 5 heteroatoms. The smallest absolute Gasteiger partial charge is 0.362 e. The van der Waals surface area contributed by atoms with Crippen molar-refractivity contribution < 1.29 is 8.81 Å². The summed E-state index contributed by atoms with van der Waals surface area (Å²) in [5.41, 5.74) is 7.24. The molecular weight excluding hydrogens is 283 g/mol. The normalized spacial score (nSPS) is 11.7. The lowest BCUT2D eigenvalue weighted by atomic mass is 10.0. The maximum absolute atomic E-state index is 14.0. The first-order valence-corrected chi connectivity index (χ1v) is 6.92. The fraction of sp³-hybridized carbons (Fsp3) is 0.118. The molecule has 0 radical (unpaired) electrons. The van der Waals surface area contributed by atoms with Crippen LogP contribution < -0.4 is 11.4 Å². The van der Waals surface area contributed by atoms with Crippen LogP contribution in [0.15, 0.2) is 40.1 Å². The molecule has 2 heterocycles. The Bertz CT molecular complexity index is 980. The number of H-pyrrole nitrogens is 1. The van der Waals surface area contributed by atoms with E-state index >= 15 is 0 Å². The highest BCUT2D eigenvalue weighted by Gasteiger charge is 2.17. The van der Waals surface area contributed by atoms with Crippen molar-refractivity contribution in [3.63, 3.8) is 0 Å². The van der Waals surface area contributed by atoms with Crippen LogP contribution >= 0.6 is 0 Å². The molecule has 3 N–H and O–H groups in total. The van der Waals surface area contributed by atoms with Crippen LogP contribution in [0.3, 0.4) is 0 Å². The number of benzene rings is 1. The molecule has 0 spiro atoms. The number of nitrogen functional groups attached to an aromatic ring is 1. The number of rotatable bonds is 3. The fourth-order valence-corrected chi connectivity index (χ4v) is 2.62. The zero-order valence-electron chi connectivity index (χ0n) is 12.1. The number of aromatic nitrogens is 1. The standard InChI is InChI=1S/C17H15FN2O2/c1-3-5-6-10-14-11-7-9(4-2)12(18)8-13(11)20-15(14)17(21)22-16(10)19/h3,5-8,20H,1,4,19H2,2H3/b6-5-. The quantitative estimate of drug-likeness (QED) is 0.723. The van der Waals surface area contributed by atoms with Crippen LogP contribution in [0.1, 0.15) is 18.1 Å². The molecule has 0 saturated carbocycles. The molecular formula is C17H15FN2O2. The van der Waals surface area contributed by atoms with E-state index in [0.717, 1.165) is 5.39 Å². The molecule has 0 aliphatic carbocycles. The predicted molar refractivity (Wildman–Crippen MR) is 87.3 cm³/mol. The monoisotopic (exact) mass is 298 g/mol. The third-order valence-electron chi connectivity index (χ3n) is 3.69. The summed E-state index contributed by atoms with van der Waals surface area (Å²) in [5, 5.41) is 1.38. The summed E-state index contributed by atoms with van der Waals surface area (Å²) in [5.74, 6) is -0.277. The zero-order valence-corrected chi connectivity index (χ0v) is 12.1. The summed E-state index contributed by atoms with van der Waals surface area (Å²) in [7, 11) is 0. The second-order valence-corrected chi connectivity index (χ2v) is 4.98. The third kappa shape index (κ3) is 2.02. The minimum absolute atomic E-state index is 0.0267. The maximum Gasteiger partial charge on any atom is 0.362 e. The summed E-state index contributed by atoms with van der Waals surface area (Å²) >= 11 is 0. The molecule has 3 rings (SSSR count). The van der Waals surface area contributed by atoms with Gasteiger partial charge in [0.1, 0.15) is 11.3 Å². The van der Waals surface area contributed by atoms with Crippen LogP contribution in [0.25, 0.3) is 27.9 Å². The number of fused-ring (bicyclic) bond motifs is 3. The average molecular weight is 298 g/mol. The van der Waals surface area contributed by atoms with Gasteiger partial charge in [-0.25, -0.2) is 9.18 Å². The Balaban J connectivity index is 2.53. The van der Waals surface area contributed by atoms with Crippen LogP contribution in [0, 0.1) is 5.82 Å². The van der Waals surface area contributed by atoms with Gasteiger partial charge in [0.05, 0.1) is 0 Å². The molecule has 0 bridgehead atoms. The van der Waals surface area contributed by atoms with Gasteiger partial charge < -0.3 is 15.1 Å². The first-order chi connectivity index (χ1) is 10.6. The molecule has 0 amide bonds. The van der Waals surface area contributed by atoms with Crippen molar-refractivity contribution in [2.45, 2.75) is 13.3 Å². The molecule has 0 aliphatic rings. The number of hydrogen-bond donors (Lipinski definition) is 2. The lowest BCUT2D eigenvalue weighted by molar-refractivity contribution is 0.538. The topological polar surface area (TPSA) is 72.0 Å². The van der Waals surface area contributed by atoms with E-state index in [4.69, 9.17) is 10.2 Å². The van der Waals surface area contributed by atoms with E-state index in [1.165, 1.54) is 6.07 Å². The van der Waals surface area contributed by atoms with Gasteiger partial charge in [0, 0.05) is 21.9 Å². The molecule has 0 unspecified atom stereocenters. The molecule has 0 aliphatic heterocycles. The Labute approximate surface area is 125 Å². The zero-order chi connectivity index (χ0) is 15.9. The third-order valence-corrected chi connectivity index (χ3v) is 3.69. The van der Waals surface area contributed by atoms with Gasteiger partial charge in [-0.2, -0.15) is 0 Å². The summed E-state index contributed by atoms with van der Waals surface area (Å²) in [6.45, 7) is 5.49. The van der Waals surface area contributed by atoms with Gasteiger partial charge in [0.25, 0.3) is 0 Å². The Morgan fingerprint density at radius 1 is 1.45 bits per heavy atom. The highest BCUT2D eigenvalue weighted by Crippen LogP contribution is 2.32. The van der Waals surface area contributed by atoms with E-state index in [1.807, 2.05) is 6.92 Å². The molecule has 1 aromatic carbocycles. The van der Waals surface area contributed by atoms with Gasteiger partial charge >= 0.3 is 5.63 Å². The largest absolute Gasteiger partial charge is 0.405 e. The minimum atomic E-state index is -0.571. The van der Waals surface area contributed by atoms with E-state index in [-0.39, 0.29) is 17.2 Å². The Morgan fingerprint density at radius 2 is 2.23 bits per heavy atom. The number of nitrogens with one attached hydrogen (secondary N) is 1. The second kappa shape index (κ2) is 5.18. The summed E-state index contributed by atoms with van der Waals surface area (Å²) in [4.78, 5) is 14.9. The van der Waals surface area contributed by atoms with Crippen molar-refractivity contribution in [3.05, 3.63) is 58.2 Å². The van der Waals surface area contributed by atoms with E-state index in [9.17, 15) is 9.18 Å². The van der Waals surface area contributed by atoms with Crippen molar-refractivity contribution in [2.75, 3.05) is 5.73 Å². The van der Waals surface area contributed by atoms with Crippen LogP contribution in [-0.4, -0.2) is 4.98 Å². The van der Waals surface area contributed by atoms with Crippen LogP contribution in [0.4, 0.5) is 10.3 Å². The lowest BCUT2D eigenvalue weighted by Gasteiger charge is -2.03. The first kappa shape index (κ1) is 14.1. The Hall–Kier alpha value is -2.82. The number of anilines is 1. The van der Waals surface area contributed by atoms with E-state index in [1.54, 1.807) is 24.3 Å². The van der Waals surface area contributed by atoms with Crippen molar-refractivity contribution in [2.24, 2.45) is 0 Å². The number of aryl methyl sites for hydroxylation is 1. The van der Waals surface area contributed by atoms with Gasteiger partial charge in [-0.1, -0.05) is 25.7 Å². The predicted octanol–water partition coefficient (Wildman–Crippen LogP) is 3.76. The van der Waals surface area contributed by atoms with Gasteiger partial charge in [-0.05, 0) is 30.2 Å². The first-order valence-electron chi connectivity index (χ1n) is 6.92. The number of halogens is 1. The lowest BCUT2D eigenvalue weighted by Crippen LogP contribution is -2.04. The molecule has 112 valence electrons. The maximum atomic E-state index is 14.0. The minimum Gasteiger partial charge on any atom is -0.405 e. The van der Waals surface area contributed by atoms with Crippen LogP contribution in [0.2, 0.25) is 0 Å². The Morgan fingerprint density at radius 3 is 2.91 bits per heavy atom. The average Bonchev–Trinajstić information content (AvgIpc) is 2.85. The molecule has 22 heavy (non-hydrogen) atoms. The number of allylic oxidation sites excluding steroid dienone is 2. The van der Waals surface area contributed by atoms with Crippen LogP contribution in [-0.2, 0) is 6.42 Å². The van der Waals surface area contributed by atoms with E-state index < -0.39 is 5.63 Å². The molecule has 0 saturated heterocycles. The highest BCUT2D eigenvalue weighted by atomic mass is 19.1. The molecule has 4 nitrogen and oxygen atoms in total. The second-order valence-electron chi connectivity index (χ2n) is 4.98. The summed E-state index contributed by atoms with van der Waals surface area (Å²) in [6, 6.07) is 3.14. The van der Waals surface area contributed by atoms with Gasteiger partial charge in [0.2, 0.25) is 5.88 Å². The number of hydrogen-bond acceptors (Lipinski definition) is 3. The fourth-order valence-electron chi connectivity index (χ4n) is 2.62. The van der Waals surface area contributed by atoms with Crippen LogP contribution in [0.5, 0.6) is 0 Å². The molecule has 0 fully saturated rings. The van der Waals surface area contributed by atoms with Crippen molar-refractivity contribution in [3.8, 4) is 0 Å².